The zero-order valence-corrected chi connectivity index (χ0v) is 25.9. The van der Waals surface area contributed by atoms with Gasteiger partial charge in [-0.2, -0.15) is 22.0 Å². The quantitative estimate of drug-likeness (QED) is 0.224. The van der Waals surface area contributed by atoms with Gasteiger partial charge in [-0.25, -0.2) is 10.3 Å². The molecule has 1 aromatic rings. The van der Waals surface area contributed by atoms with Crippen LogP contribution in [0.1, 0.15) is 75.3 Å². The first kappa shape index (κ1) is 33.5. The SMILES string of the molecule is C[C@]12CC[C@@H]3c4ccc(OC(=O)N5CCOCC5)cc4C[C@@H](CCCS(=O)CCCC(F)(F)C(F)(F)F)[C@H]3[C@@H]1CCC2NO. The molecule has 0 aromatic heterocycles. The Kier molecular flexibility index (Phi) is 10.3. The van der Waals surface area contributed by atoms with Gasteiger partial charge in [-0.3, -0.25) is 4.21 Å². The lowest BCUT2D eigenvalue weighted by Gasteiger charge is -2.53. The van der Waals surface area contributed by atoms with E-state index in [1.165, 1.54) is 5.56 Å². The zero-order chi connectivity index (χ0) is 31.7. The van der Waals surface area contributed by atoms with Crippen molar-refractivity contribution in [3.05, 3.63) is 29.3 Å². The van der Waals surface area contributed by atoms with E-state index in [2.05, 4.69) is 18.5 Å². The number of benzene rings is 1. The van der Waals surface area contributed by atoms with E-state index in [9.17, 15) is 36.2 Å². The molecule has 0 radical (unpaired) electrons. The summed E-state index contributed by atoms with van der Waals surface area (Å²) in [6.07, 6.45) is -1.98. The smallest absolute Gasteiger partial charge is 0.410 e. The summed E-state index contributed by atoms with van der Waals surface area (Å²) in [5.41, 5.74) is 4.88. The van der Waals surface area contributed by atoms with Crippen LogP contribution in [0.3, 0.4) is 0 Å². The summed E-state index contributed by atoms with van der Waals surface area (Å²) in [6, 6.07) is 5.91. The van der Waals surface area contributed by atoms with Crippen LogP contribution in [-0.4, -0.2) is 76.4 Å². The third-order valence-electron chi connectivity index (χ3n) is 10.7. The van der Waals surface area contributed by atoms with Gasteiger partial charge in [-0.05, 0) is 104 Å². The van der Waals surface area contributed by atoms with E-state index in [1.807, 2.05) is 12.1 Å². The summed E-state index contributed by atoms with van der Waals surface area (Å²) >= 11 is 0. The van der Waals surface area contributed by atoms with Crippen molar-refractivity contribution in [1.82, 2.24) is 10.4 Å². The highest BCUT2D eigenvalue weighted by molar-refractivity contribution is 7.84. The minimum absolute atomic E-state index is 0.0137. The number of carbonyl (C=O) groups is 1. The van der Waals surface area contributed by atoms with Gasteiger partial charge < -0.3 is 19.6 Å². The third-order valence-corrected chi connectivity index (χ3v) is 12.2. The van der Waals surface area contributed by atoms with Crippen molar-refractivity contribution in [1.29, 1.82) is 0 Å². The van der Waals surface area contributed by atoms with Crippen LogP contribution in [0.25, 0.3) is 0 Å². The second-order valence-corrected chi connectivity index (χ2v) is 14.9. The second kappa shape index (κ2) is 13.5. The van der Waals surface area contributed by atoms with Crippen LogP contribution in [-0.2, 0) is 22.0 Å². The summed E-state index contributed by atoms with van der Waals surface area (Å²) in [5.74, 6) is -3.00. The third kappa shape index (κ3) is 6.95. The molecule has 4 aliphatic rings. The van der Waals surface area contributed by atoms with E-state index in [-0.39, 0.29) is 28.9 Å². The molecule has 13 heteroatoms. The maximum atomic E-state index is 13.3. The van der Waals surface area contributed by atoms with E-state index in [4.69, 9.17) is 9.47 Å². The van der Waals surface area contributed by atoms with Crippen molar-refractivity contribution in [2.24, 2.45) is 23.2 Å². The standard InChI is InChI=1S/C31H43F5N2O5S/c1-29-11-9-24-23-6-5-22(43-28(39)38-12-14-42-15-13-38)19-21(23)18-20(27(24)25(29)7-8-26(29)37-40)4-2-16-44(41)17-3-10-30(32,33)31(34,35)36/h5-6,19-20,24-27,37,40H,2-4,7-18H2,1H3/t20-,24-,25+,26?,27-,29+,44?/m1/s1. The first-order valence-corrected chi connectivity index (χ1v) is 17.2. The van der Waals surface area contributed by atoms with Gasteiger partial charge in [0.1, 0.15) is 5.75 Å². The molecule has 0 spiro atoms. The highest BCUT2D eigenvalue weighted by Crippen LogP contribution is 2.62. The van der Waals surface area contributed by atoms with Gasteiger partial charge in [0.2, 0.25) is 0 Å². The molecule has 1 saturated heterocycles. The average molecular weight is 651 g/mol. The van der Waals surface area contributed by atoms with Gasteiger partial charge in [-0.15, -0.1) is 0 Å². The van der Waals surface area contributed by atoms with Gasteiger partial charge in [0.05, 0.1) is 13.2 Å². The summed E-state index contributed by atoms with van der Waals surface area (Å²) in [6.45, 7) is 4.15. The zero-order valence-electron chi connectivity index (χ0n) is 25.1. The molecule has 1 amide bonds. The van der Waals surface area contributed by atoms with Crippen LogP contribution in [0.4, 0.5) is 26.7 Å². The number of hydrogen-bond acceptors (Lipinski definition) is 6. The number of ether oxygens (including phenoxy) is 2. The summed E-state index contributed by atoms with van der Waals surface area (Å²) in [4.78, 5) is 14.4. The molecule has 5 rings (SSSR count). The number of alkyl halides is 5. The Morgan fingerprint density at radius 3 is 2.57 bits per heavy atom. The van der Waals surface area contributed by atoms with Crippen molar-refractivity contribution >= 4 is 16.9 Å². The Balaban J connectivity index is 1.27. The van der Waals surface area contributed by atoms with Gasteiger partial charge in [0.25, 0.3) is 0 Å². The van der Waals surface area contributed by atoms with Crippen molar-refractivity contribution in [3.8, 4) is 5.75 Å². The van der Waals surface area contributed by atoms with Crippen LogP contribution in [0, 0.1) is 23.2 Å². The minimum Gasteiger partial charge on any atom is -0.410 e. The molecule has 1 aliphatic heterocycles. The fourth-order valence-electron chi connectivity index (χ4n) is 8.44. The van der Waals surface area contributed by atoms with Crippen LogP contribution in [0.15, 0.2) is 18.2 Å². The Hall–Kier alpha value is -1.83. The Labute approximate surface area is 257 Å². The van der Waals surface area contributed by atoms with Gasteiger partial charge in [0.15, 0.2) is 0 Å². The lowest BCUT2D eigenvalue weighted by molar-refractivity contribution is -0.284. The van der Waals surface area contributed by atoms with E-state index < -0.39 is 41.8 Å². The molecular formula is C31H43F5N2O5S. The highest BCUT2D eigenvalue weighted by atomic mass is 32.2. The van der Waals surface area contributed by atoms with E-state index in [1.54, 1.807) is 4.90 Å². The summed E-state index contributed by atoms with van der Waals surface area (Å²) in [5, 5.41) is 9.91. The number of nitrogens with zero attached hydrogens (tertiary/aromatic N) is 1. The molecule has 7 nitrogen and oxygen atoms in total. The number of carbonyl (C=O) groups excluding carboxylic acids is 1. The van der Waals surface area contributed by atoms with Crippen LogP contribution >= 0.6 is 0 Å². The molecule has 7 atom stereocenters. The van der Waals surface area contributed by atoms with Gasteiger partial charge in [-0.1, -0.05) is 13.0 Å². The molecular weight excluding hydrogens is 607 g/mol. The number of rotatable bonds is 10. The van der Waals surface area contributed by atoms with E-state index >= 15 is 0 Å². The Bertz CT molecular complexity index is 1200. The lowest BCUT2D eigenvalue weighted by atomic mass is 9.52. The topological polar surface area (TPSA) is 88.1 Å². The number of hydrogen-bond donors (Lipinski definition) is 2. The maximum Gasteiger partial charge on any atom is 0.453 e. The van der Waals surface area contributed by atoms with Crippen LogP contribution in [0.2, 0.25) is 0 Å². The van der Waals surface area contributed by atoms with Gasteiger partial charge in [0, 0.05) is 47.9 Å². The Morgan fingerprint density at radius 1 is 1.14 bits per heavy atom. The number of halogens is 5. The first-order chi connectivity index (χ1) is 20.8. The predicted molar refractivity (Wildman–Crippen MR) is 154 cm³/mol. The van der Waals surface area contributed by atoms with E-state index in [0.717, 1.165) is 44.1 Å². The Morgan fingerprint density at radius 2 is 1.86 bits per heavy atom. The van der Waals surface area contributed by atoms with Crippen molar-refractivity contribution in [2.45, 2.75) is 88.8 Å². The minimum atomic E-state index is -5.59. The van der Waals surface area contributed by atoms with Gasteiger partial charge >= 0.3 is 18.2 Å². The largest absolute Gasteiger partial charge is 0.453 e. The number of nitrogens with one attached hydrogen (secondary N) is 1. The fraction of sp³-hybridized carbons (Fsp3) is 0.774. The normalized spacial score (nSPS) is 31.2. The number of fused-ring (bicyclic) bond motifs is 5. The van der Waals surface area contributed by atoms with Crippen molar-refractivity contribution in [3.63, 3.8) is 0 Å². The molecule has 2 unspecified atom stereocenters. The molecule has 3 fully saturated rings. The summed E-state index contributed by atoms with van der Waals surface area (Å²) < 4.78 is 87.6. The monoisotopic (exact) mass is 650 g/mol. The summed E-state index contributed by atoms with van der Waals surface area (Å²) in [7, 11) is -1.49. The molecule has 44 heavy (non-hydrogen) atoms. The van der Waals surface area contributed by atoms with Crippen LogP contribution < -0.4 is 10.2 Å². The average Bonchev–Trinajstić information content (AvgIpc) is 3.32. The van der Waals surface area contributed by atoms with Crippen molar-refractivity contribution < 1.29 is 45.6 Å². The molecule has 3 aliphatic carbocycles. The predicted octanol–water partition coefficient (Wildman–Crippen LogP) is 6.45. The fourth-order valence-corrected chi connectivity index (χ4v) is 9.60. The molecule has 1 heterocycles. The first-order valence-electron chi connectivity index (χ1n) is 15.7. The molecule has 1 aromatic carbocycles. The molecule has 2 saturated carbocycles. The number of amides is 1. The van der Waals surface area contributed by atoms with Crippen LogP contribution in [0.5, 0.6) is 5.75 Å². The number of hydroxylamine groups is 1. The number of morpholine rings is 1. The van der Waals surface area contributed by atoms with Crippen molar-refractivity contribution in [2.75, 3.05) is 37.8 Å². The second-order valence-electron chi connectivity index (χ2n) is 13.2. The lowest BCUT2D eigenvalue weighted by Crippen LogP contribution is -2.50. The molecule has 248 valence electrons. The van der Waals surface area contributed by atoms with E-state index in [0.29, 0.717) is 56.2 Å². The molecule has 2 N–H and O–H groups in total. The molecule has 0 bridgehead atoms. The highest BCUT2D eigenvalue weighted by Gasteiger charge is 2.57. The maximum absolute atomic E-state index is 13.3.